The number of hydroxylamine groups is 2. The molecule has 2 unspecified atom stereocenters. The lowest BCUT2D eigenvalue weighted by atomic mass is 9.84. The maximum Gasteiger partial charge on any atom is 0.241 e. The molecule has 32 heavy (non-hydrogen) atoms. The highest BCUT2D eigenvalue weighted by atomic mass is 16.7. The smallest absolute Gasteiger partial charge is 0.241 e. The van der Waals surface area contributed by atoms with Crippen molar-refractivity contribution in [2.75, 3.05) is 20.8 Å². The molecule has 2 aromatic rings. The number of nitrogens with one attached hydrogen (secondary N) is 1. The molecule has 1 amide bonds. The van der Waals surface area contributed by atoms with Crippen molar-refractivity contribution in [3.05, 3.63) is 70.8 Å². The molecule has 0 radical (unpaired) electrons. The van der Waals surface area contributed by atoms with Gasteiger partial charge in [0, 0.05) is 25.3 Å². The van der Waals surface area contributed by atoms with E-state index in [0.29, 0.717) is 6.54 Å². The number of aliphatic hydroxyl groups is 1. The number of likely N-dealkylation sites (N-methyl/N-ethyl adjacent to an activating group) is 1. The van der Waals surface area contributed by atoms with Crippen LogP contribution in [0.1, 0.15) is 29.2 Å². The van der Waals surface area contributed by atoms with E-state index in [-0.39, 0.29) is 12.5 Å². The molecule has 170 valence electrons. The molecule has 0 bridgehead atoms. The minimum atomic E-state index is -1.21. The molecule has 1 saturated heterocycles. The highest BCUT2D eigenvalue weighted by Gasteiger charge is 2.58. The average Bonchev–Trinajstić information content (AvgIpc) is 3.06. The van der Waals surface area contributed by atoms with E-state index in [1.165, 1.54) is 17.7 Å². The van der Waals surface area contributed by atoms with Gasteiger partial charge in [-0.05, 0) is 43.7 Å². The van der Waals surface area contributed by atoms with E-state index in [0.717, 1.165) is 16.7 Å². The van der Waals surface area contributed by atoms with E-state index in [4.69, 9.17) is 15.3 Å². The SMILES string of the molecule is CNC(=O)[C@H]1N(Cc2ccc(C#Cc3ccc(C)cc3)cc2)OC(C(C)O)[C@@]1(N)COC. The van der Waals surface area contributed by atoms with Gasteiger partial charge in [-0.15, -0.1) is 0 Å². The Hall–Kier alpha value is -2.73. The third-order valence-electron chi connectivity index (χ3n) is 5.60. The number of ether oxygens (including phenoxy) is 1. The van der Waals surface area contributed by atoms with Crippen LogP contribution in [0, 0.1) is 18.8 Å². The van der Waals surface area contributed by atoms with Crippen molar-refractivity contribution in [1.82, 2.24) is 10.4 Å². The third-order valence-corrected chi connectivity index (χ3v) is 5.60. The third kappa shape index (κ3) is 5.18. The number of amides is 1. The standard InChI is InChI=1S/C25H31N3O4/c1-17-5-7-19(8-6-17)9-10-20-11-13-21(14-12-20)15-28-22(24(30)27-3)25(26,16-31-4)23(32-28)18(2)29/h5-8,11-14,18,22-23,29H,15-16,26H2,1-4H3,(H,27,30)/t18?,22-,23?,25-/m1/s1. The van der Waals surface area contributed by atoms with Gasteiger partial charge in [-0.2, -0.15) is 5.06 Å². The Morgan fingerprint density at radius 2 is 1.78 bits per heavy atom. The average molecular weight is 438 g/mol. The molecule has 3 rings (SSSR count). The molecule has 1 heterocycles. The highest BCUT2D eigenvalue weighted by Crippen LogP contribution is 2.33. The zero-order chi connectivity index (χ0) is 23.3. The van der Waals surface area contributed by atoms with Gasteiger partial charge in [0.05, 0.1) is 24.8 Å². The number of carbonyl (C=O) groups excluding carboxylic acids is 1. The van der Waals surface area contributed by atoms with Crippen LogP contribution >= 0.6 is 0 Å². The monoisotopic (exact) mass is 437 g/mol. The van der Waals surface area contributed by atoms with Gasteiger partial charge < -0.3 is 20.9 Å². The Morgan fingerprint density at radius 3 is 2.28 bits per heavy atom. The Kier molecular flexibility index (Phi) is 7.67. The summed E-state index contributed by atoms with van der Waals surface area (Å²) in [6, 6.07) is 15.0. The van der Waals surface area contributed by atoms with Crippen LogP contribution in [0.5, 0.6) is 0 Å². The second-order valence-corrected chi connectivity index (χ2v) is 8.22. The lowest BCUT2D eigenvalue weighted by molar-refractivity contribution is -0.192. The van der Waals surface area contributed by atoms with Gasteiger partial charge in [0.15, 0.2) is 0 Å². The van der Waals surface area contributed by atoms with Crippen molar-refractivity contribution in [2.45, 2.75) is 44.2 Å². The number of hydrogen-bond donors (Lipinski definition) is 3. The maximum absolute atomic E-state index is 12.7. The molecule has 2 aromatic carbocycles. The van der Waals surface area contributed by atoms with Gasteiger partial charge >= 0.3 is 0 Å². The van der Waals surface area contributed by atoms with Gasteiger partial charge in [-0.1, -0.05) is 41.7 Å². The molecule has 4 N–H and O–H groups in total. The van der Waals surface area contributed by atoms with Gasteiger partial charge in [0.1, 0.15) is 12.1 Å². The Morgan fingerprint density at radius 1 is 1.22 bits per heavy atom. The van der Waals surface area contributed by atoms with Gasteiger partial charge in [0.25, 0.3) is 0 Å². The minimum Gasteiger partial charge on any atom is -0.391 e. The number of methoxy groups -OCH3 is 1. The van der Waals surface area contributed by atoms with Crippen LogP contribution in [0.2, 0.25) is 0 Å². The Bertz CT molecular complexity index is 979. The number of aryl methyl sites for hydroxylation is 1. The number of hydrogen-bond acceptors (Lipinski definition) is 6. The first-order chi connectivity index (χ1) is 15.3. The van der Waals surface area contributed by atoms with E-state index in [2.05, 4.69) is 17.2 Å². The normalized spacial score (nSPS) is 23.9. The van der Waals surface area contributed by atoms with Crippen molar-refractivity contribution < 1.29 is 19.5 Å². The second-order valence-electron chi connectivity index (χ2n) is 8.22. The molecule has 0 aromatic heterocycles. The summed E-state index contributed by atoms with van der Waals surface area (Å²) in [4.78, 5) is 18.7. The van der Waals surface area contributed by atoms with Crippen molar-refractivity contribution in [3.8, 4) is 11.8 Å². The Labute approximate surface area is 189 Å². The molecule has 1 fully saturated rings. The summed E-state index contributed by atoms with van der Waals surface area (Å²) in [5.41, 5.74) is 9.33. The first kappa shape index (κ1) is 23.9. The number of benzene rings is 2. The minimum absolute atomic E-state index is 0.0602. The van der Waals surface area contributed by atoms with Crippen LogP contribution in [0.3, 0.4) is 0 Å². The molecular formula is C25H31N3O4. The second kappa shape index (κ2) is 10.3. The predicted molar refractivity (Wildman–Crippen MR) is 122 cm³/mol. The van der Waals surface area contributed by atoms with Gasteiger partial charge in [-0.25, -0.2) is 0 Å². The molecule has 1 aliphatic rings. The number of rotatable bonds is 6. The fraction of sp³-hybridized carbons (Fsp3) is 0.400. The molecular weight excluding hydrogens is 406 g/mol. The summed E-state index contributed by atoms with van der Waals surface area (Å²) in [6.07, 6.45) is -1.67. The van der Waals surface area contributed by atoms with E-state index in [1.807, 2.05) is 55.5 Å². The summed E-state index contributed by atoms with van der Waals surface area (Å²) < 4.78 is 5.28. The summed E-state index contributed by atoms with van der Waals surface area (Å²) >= 11 is 0. The maximum atomic E-state index is 12.7. The van der Waals surface area contributed by atoms with E-state index in [1.54, 1.807) is 14.0 Å². The molecule has 1 aliphatic heterocycles. The fourth-order valence-electron chi connectivity index (χ4n) is 3.97. The summed E-state index contributed by atoms with van der Waals surface area (Å²) in [5.74, 6) is 6.02. The van der Waals surface area contributed by atoms with Crippen molar-refractivity contribution in [2.24, 2.45) is 5.73 Å². The predicted octanol–water partition coefficient (Wildman–Crippen LogP) is 1.35. The zero-order valence-corrected chi connectivity index (χ0v) is 19.0. The zero-order valence-electron chi connectivity index (χ0n) is 19.0. The molecule has 7 heteroatoms. The van der Waals surface area contributed by atoms with Crippen molar-refractivity contribution in [3.63, 3.8) is 0 Å². The van der Waals surface area contributed by atoms with Crippen LogP contribution in [0.25, 0.3) is 0 Å². The van der Waals surface area contributed by atoms with Gasteiger partial charge in [-0.3, -0.25) is 9.63 Å². The lowest BCUT2D eigenvalue weighted by Crippen LogP contribution is -2.66. The van der Waals surface area contributed by atoms with Crippen LogP contribution in [0.4, 0.5) is 0 Å². The topological polar surface area (TPSA) is 97.1 Å². The molecule has 0 aliphatic carbocycles. The first-order valence-electron chi connectivity index (χ1n) is 10.6. The molecule has 4 atom stereocenters. The number of nitrogens with two attached hydrogens (primary N) is 1. The highest BCUT2D eigenvalue weighted by molar-refractivity contribution is 5.83. The van der Waals surface area contributed by atoms with E-state index in [9.17, 15) is 9.90 Å². The molecule has 0 spiro atoms. The number of nitrogens with zero attached hydrogens (tertiary/aromatic N) is 1. The van der Waals surface area contributed by atoms with Crippen molar-refractivity contribution in [1.29, 1.82) is 0 Å². The number of aliphatic hydroxyl groups excluding tert-OH is 1. The van der Waals surface area contributed by atoms with Crippen molar-refractivity contribution >= 4 is 5.91 Å². The molecule has 7 nitrogen and oxygen atoms in total. The van der Waals surface area contributed by atoms with Gasteiger partial charge in [0.2, 0.25) is 5.91 Å². The summed E-state index contributed by atoms with van der Waals surface area (Å²) in [5, 5.41) is 14.4. The Balaban J connectivity index is 1.79. The largest absolute Gasteiger partial charge is 0.391 e. The molecule has 0 saturated carbocycles. The van der Waals surface area contributed by atoms with Crippen LogP contribution in [0.15, 0.2) is 48.5 Å². The number of carbonyl (C=O) groups is 1. The lowest BCUT2D eigenvalue weighted by Gasteiger charge is -2.33. The van der Waals surface area contributed by atoms with Crippen LogP contribution < -0.4 is 11.1 Å². The van der Waals surface area contributed by atoms with E-state index >= 15 is 0 Å². The van der Waals surface area contributed by atoms with Crippen LogP contribution in [-0.2, 0) is 20.9 Å². The van der Waals surface area contributed by atoms with E-state index < -0.39 is 23.8 Å². The van der Waals surface area contributed by atoms with Crippen LogP contribution in [-0.4, -0.2) is 60.6 Å². The summed E-state index contributed by atoms with van der Waals surface area (Å²) in [6.45, 7) is 4.01. The fourth-order valence-corrected chi connectivity index (χ4v) is 3.97. The quantitative estimate of drug-likeness (QED) is 0.591. The first-order valence-corrected chi connectivity index (χ1v) is 10.6. The summed E-state index contributed by atoms with van der Waals surface area (Å²) in [7, 11) is 3.05.